The first-order valence-corrected chi connectivity index (χ1v) is 12.4. The molecule has 1 aliphatic heterocycles. The van der Waals surface area contributed by atoms with E-state index < -0.39 is 35.0 Å². The molecule has 2 unspecified atom stereocenters. The molecule has 196 valence electrons. The van der Waals surface area contributed by atoms with Crippen molar-refractivity contribution in [3.05, 3.63) is 57.8 Å². The second kappa shape index (κ2) is 9.66. The highest BCUT2D eigenvalue weighted by molar-refractivity contribution is 6.31. The first-order chi connectivity index (χ1) is 17.6. The Kier molecular flexibility index (Phi) is 6.68. The summed E-state index contributed by atoms with van der Waals surface area (Å²) in [5, 5.41) is 18.5. The molecule has 37 heavy (non-hydrogen) atoms. The molecule has 3 fully saturated rings. The Labute approximate surface area is 221 Å². The Morgan fingerprint density at radius 3 is 2.51 bits per heavy atom. The maximum absolute atomic E-state index is 13.5. The number of fused-ring (bicyclic) bond motifs is 1. The van der Waals surface area contributed by atoms with Crippen molar-refractivity contribution >= 4 is 41.0 Å². The van der Waals surface area contributed by atoms with Gasteiger partial charge in [-0.1, -0.05) is 23.2 Å². The number of carboxylic acids is 1. The normalized spacial score (nSPS) is 27.0. The van der Waals surface area contributed by atoms with Gasteiger partial charge in [0.2, 0.25) is 0 Å². The summed E-state index contributed by atoms with van der Waals surface area (Å²) in [7, 11) is 0. The Hall–Kier alpha value is -3.08. The second-order valence-corrected chi connectivity index (χ2v) is 10.7. The summed E-state index contributed by atoms with van der Waals surface area (Å²) in [5.41, 5.74) is -0.118. The van der Waals surface area contributed by atoms with Gasteiger partial charge in [0.05, 0.1) is 11.6 Å². The zero-order valence-electron chi connectivity index (χ0n) is 19.5. The summed E-state index contributed by atoms with van der Waals surface area (Å²) < 4.78 is 24.8. The van der Waals surface area contributed by atoms with Gasteiger partial charge >= 0.3 is 5.97 Å². The van der Waals surface area contributed by atoms with Crippen LogP contribution in [0.1, 0.15) is 37.3 Å². The molecule has 0 radical (unpaired) electrons. The Morgan fingerprint density at radius 2 is 1.81 bits per heavy atom. The minimum absolute atomic E-state index is 0.0303. The van der Waals surface area contributed by atoms with Crippen LogP contribution in [0.15, 0.2) is 36.4 Å². The summed E-state index contributed by atoms with van der Waals surface area (Å²) in [6.07, 6.45) is 1.16. The first-order valence-electron chi connectivity index (χ1n) is 11.7. The minimum atomic E-state index is -1.01. The Morgan fingerprint density at radius 1 is 1.08 bits per heavy atom. The van der Waals surface area contributed by atoms with Crippen LogP contribution in [0.25, 0.3) is 0 Å². The van der Waals surface area contributed by atoms with Crippen LogP contribution in [0.3, 0.4) is 0 Å². The lowest BCUT2D eigenvalue weighted by Gasteiger charge is -2.70. The summed E-state index contributed by atoms with van der Waals surface area (Å²) in [6.45, 7) is -0.542. The lowest BCUT2D eigenvalue weighted by atomic mass is 9.44. The van der Waals surface area contributed by atoms with Crippen LogP contribution in [0.5, 0.6) is 11.5 Å². The fourth-order valence-electron chi connectivity index (χ4n) is 5.45. The molecule has 4 N–H and O–H groups in total. The summed E-state index contributed by atoms with van der Waals surface area (Å²) in [4.78, 5) is 36.5. The number of rotatable bonds is 9. The van der Waals surface area contributed by atoms with E-state index in [-0.39, 0.29) is 42.2 Å². The highest BCUT2D eigenvalue weighted by Crippen LogP contribution is 2.60. The van der Waals surface area contributed by atoms with E-state index in [1.165, 1.54) is 12.1 Å². The van der Waals surface area contributed by atoms with Crippen LogP contribution in [-0.2, 0) is 14.4 Å². The van der Waals surface area contributed by atoms with E-state index in [2.05, 4.69) is 16.0 Å². The van der Waals surface area contributed by atoms with Gasteiger partial charge in [-0.25, -0.2) is 4.39 Å². The van der Waals surface area contributed by atoms with Crippen molar-refractivity contribution in [1.29, 1.82) is 0 Å². The van der Waals surface area contributed by atoms with Crippen molar-refractivity contribution in [2.75, 3.05) is 13.2 Å². The molecule has 2 atom stereocenters. The van der Waals surface area contributed by atoms with Crippen LogP contribution in [0.2, 0.25) is 10.0 Å². The molecule has 2 bridgehead atoms. The number of nitrogens with one attached hydrogen (secondary N) is 3. The number of halogens is 3. The average molecular weight is 552 g/mol. The smallest absolute Gasteiger partial charge is 0.317 e. The maximum Gasteiger partial charge on any atom is 0.317 e. The number of amides is 2. The lowest BCUT2D eigenvalue weighted by Crippen LogP contribution is -2.84. The minimum Gasteiger partial charge on any atom is -0.484 e. The molecule has 2 aromatic rings. The average Bonchev–Trinajstić information content (AvgIpc) is 2.80. The van der Waals surface area contributed by atoms with Crippen LogP contribution in [-0.4, -0.2) is 53.2 Å². The van der Waals surface area contributed by atoms with Crippen LogP contribution < -0.4 is 25.4 Å². The van der Waals surface area contributed by atoms with Gasteiger partial charge in [-0.2, -0.15) is 0 Å². The van der Waals surface area contributed by atoms with E-state index in [0.29, 0.717) is 35.6 Å². The predicted octanol–water partition coefficient (Wildman–Crippen LogP) is 2.99. The van der Waals surface area contributed by atoms with E-state index in [9.17, 15) is 18.8 Å². The number of hydrogen-bond acceptors (Lipinski definition) is 6. The molecular formula is C25H24Cl2FN3O6. The van der Waals surface area contributed by atoms with Crippen molar-refractivity contribution in [2.45, 2.75) is 48.9 Å². The molecule has 2 amide bonds. The molecule has 0 saturated heterocycles. The number of carboxylic acid groups (broad SMARTS) is 1. The van der Waals surface area contributed by atoms with Gasteiger partial charge in [-0.05, 0) is 49.6 Å². The van der Waals surface area contributed by atoms with Crippen molar-refractivity contribution in [3.63, 3.8) is 0 Å². The molecule has 2 aromatic carbocycles. The Balaban J connectivity index is 1.12. The van der Waals surface area contributed by atoms with Gasteiger partial charge in [-0.3, -0.25) is 19.7 Å². The van der Waals surface area contributed by atoms with Crippen molar-refractivity contribution < 1.29 is 33.4 Å². The topological polar surface area (TPSA) is 126 Å². The van der Waals surface area contributed by atoms with Gasteiger partial charge < -0.3 is 25.2 Å². The van der Waals surface area contributed by atoms with Gasteiger partial charge in [0, 0.05) is 40.2 Å². The fourth-order valence-corrected chi connectivity index (χ4v) is 5.75. The van der Waals surface area contributed by atoms with E-state index >= 15 is 0 Å². The number of aliphatic carboxylic acids is 1. The second-order valence-electron chi connectivity index (χ2n) is 9.84. The van der Waals surface area contributed by atoms with Gasteiger partial charge in [0.1, 0.15) is 17.3 Å². The third kappa shape index (κ3) is 5.32. The zero-order chi connectivity index (χ0) is 26.4. The molecule has 3 saturated carbocycles. The van der Waals surface area contributed by atoms with E-state index in [1.807, 2.05) is 0 Å². The number of carbonyl (C=O) groups is 3. The van der Waals surface area contributed by atoms with Gasteiger partial charge in [0.15, 0.2) is 12.7 Å². The quantitative estimate of drug-likeness (QED) is 0.377. The number of hydrogen-bond donors (Lipinski definition) is 4. The van der Waals surface area contributed by atoms with Crippen LogP contribution in [0.4, 0.5) is 4.39 Å². The molecule has 4 aliphatic rings. The molecule has 1 heterocycles. The largest absolute Gasteiger partial charge is 0.484 e. The summed E-state index contributed by atoms with van der Waals surface area (Å²) in [6, 6.07) is 8.54. The standard InChI is InChI=1S/C25H24Cl2FN3O6/c26-13-1-4-19-15(5-13)18(29-8-22(33)34)7-20(37-19)23(35)31-25-10-24(11-25,12-25)30-21(32)9-36-14-2-3-16(27)17(28)6-14/h1-6,18,20,29H,7-12H2,(H,30,32)(H,31,35)(H,33,34). The summed E-state index contributed by atoms with van der Waals surface area (Å²) >= 11 is 11.7. The van der Waals surface area contributed by atoms with Gasteiger partial charge in [0.25, 0.3) is 11.8 Å². The van der Waals surface area contributed by atoms with E-state index in [1.54, 1.807) is 18.2 Å². The highest BCUT2D eigenvalue weighted by atomic mass is 35.5. The molecule has 6 rings (SSSR count). The molecule has 9 nitrogen and oxygen atoms in total. The molecule has 3 aliphatic carbocycles. The fraction of sp³-hybridized carbons (Fsp3) is 0.400. The SMILES string of the molecule is O=C(O)CNC1CC(C(=O)NC23CC(NC(=O)COc4ccc(Cl)c(F)c4)(C2)C3)Oc2ccc(Cl)cc21. The zero-order valence-corrected chi connectivity index (χ0v) is 21.0. The summed E-state index contributed by atoms with van der Waals surface area (Å²) in [5.74, 6) is -1.60. The molecule has 12 heteroatoms. The third-order valence-corrected chi connectivity index (χ3v) is 7.48. The molecule has 0 aromatic heterocycles. The van der Waals surface area contributed by atoms with E-state index in [4.69, 9.17) is 37.8 Å². The van der Waals surface area contributed by atoms with E-state index in [0.717, 1.165) is 6.07 Å². The third-order valence-electron chi connectivity index (χ3n) is 6.94. The van der Waals surface area contributed by atoms with Crippen LogP contribution in [0, 0.1) is 5.82 Å². The van der Waals surface area contributed by atoms with Crippen molar-refractivity contribution in [3.8, 4) is 11.5 Å². The predicted molar refractivity (Wildman–Crippen MR) is 131 cm³/mol. The first kappa shape index (κ1) is 25.6. The van der Waals surface area contributed by atoms with Crippen molar-refractivity contribution in [1.82, 2.24) is 16.0 Å². The Bertz CT molecular complexity index is 1260. The van der Waals surface area contributed by atoms with Crippen LogP contribution >= 0.6 is 23.2 Å². The lowest BCUT2D eigenvalue weighted by molar-refractivity contribution is -0.154. The number of benzene rings is 2. The number of carbonyl (C=O) groups excluding carboxylic acids is 2. The monoisotopic (exact) mass is 551 g/mol. The molecular weight excluding hydrogens is 528 g/mol. The van der Waals surface area contributed by atoms with Gasteiger partial charge in [-0.15, -0.1) is 0 Å². The maximum atomic E-state index is 13.5. The molecule has 0 spiro atoms. The van der Waals surface area contributed by atoms with Crippen molar-refractivity contribution in [2.24, 2.45) is 0 Å². The number of ether oxygens (including phenoxy) is 2. The highest BCUT2D eigenvalue weighted by Gasteiger charge is 2.69.